The van der Waals surface area contributed by atoms with Gasteiger partial charge in [-0.15, -0.1) is 0 Å². The molecule has 0 atom stereocenters. The van der Waals surface area contributed by atoms with Crippen molar-refractivity contribution in [3.05, 3.63) is 72.4 Å². The van der Waals surface area contributed by atoms with Crippen LogP contribution in [0.4, 0.5) is 30.5 Å². The highest BCUT2D eigenvalue weighted by molar-refractivity contribution is 5.73. The minimum atomic E-state index is -5.08. The fourth-order valence-electron chi connectivity index (χ4n) is 4.03. The van der Waals surface area contributed by atoms with Crippen molar-refractivity contribution < 1.29 is 23.1 Å². The molecule has 0 unspecified atom stereocenters. The number of aromatic nitrogens is 5. The average Bonchev–Trinajstić information content (AvgIpc) is 3.40. The van der Waals surface area contributed by atoms with Gasteiger partial charge >= 0.3 is 12.1 Å². The third kappa shape index (κ3) is 7.31. The Balaban J connectivity index is 0.000000470. The molecular weight excluding hydrogens is 525 g/mol. The average molecular weight is 551 g/mol. The molecule has 0 aliphatic carbocycles. The van der Waals surface area contributed by atoms with Gasteiger partial charge in [-0.2, -0.15) is 23.5 Å². The van der Waals surface area contributed by atoms with Gasteiger partial charge in [0.15, 0.2) is 0 Å². The second-order valence-electron chi connectivity index (χ2n) is 8.90. The van der Waals surface area contributed by atoms with E-state index in [9.17, 15) is 18.4 Å². The van der Waals surface area contributed by atoms with Gasteiger partial charge in [-0.25, -0.2) is 24.4 Å². The molecule has 2 aromatic carbocycles. The Bertz CT molecular complexity index is 1510. The van der Waals surface area contributed by atoms with E-state index in [1.807, 2.05) is 49.4 Å². The zero-order chi connectivity index (χ0) is 28.7. The van der Waals surface area contributed by atoms with Crippen molar-refractivity contribution in [2.45, 2.75) is 32.4 Å². The molecule has 1 aliphatic heterocycles. The van der Waals surface area contributed by atoms with E-state index in [0.717, 1.165) is 47.2 Å². The first-order valence-corrected chi connectivity index (χ1v) is 12.3. The summed E-state index contributed by atoms with van der Waals surface area (Å²) in [6.45, 7) is 3.91. The zero-order valence-electron chi connectivity index (χ0n) is 21.4. The quantitative estimate of drug-likeness (QED) is 0.341. The first-order chi connectivity index (χ1) is 19.1. The van der Waals surface area contributed by atoms with Crippen LogP contribution in [0.1, 0.15) is 30.7 Å². The molecule has 4 aromatic rings. The van der Waals surface area contributed by atoms with Gasteiger partial charge in [0.2, 0.25) is 5.95 Å². The SMILES string of the molecule is Cc1ncn(-c2ccc(Nc3nccc(-c4cc(C#N)cc(N5CCCCC5)c4)n3)cc2)n1.O=C(O)C(F)(F)F. The molecular formula is C27H25F3N8O2. The van der Waals surface area contributed by atoms with Gasteiger partial charge in [0, 0.05) is 36.2 Å². The molecule has 2 aromatic heterocycles. The van der Waals surface area contributed by atoms with Gasteiger partial charge in [0.1, 0.15) is 12.2 Å². The van der Waals surface area contributed by atoms with Crippen molar-refractivity contribution in [1.82, 2.24) is 24.7 Å². The zero-order valence-corrected chi connectivity index (χ0v) is 21.4. The number of carboxylic acids is 1. The Morgan fingerprint density at radius 3 is 2.33 bits per heavy atom. The van der Waals surface area contributed by atoms with Crippen molar-refractivity contribution in [3.8, 4) is 23.0 Å². The number of rotatable bonds is 5. The number of piperidine rings is 1. The standard InChI is InChI=1S/C25H24N8.C2HF3O2/c1-18-28-17-33(31-18)22-7-5-21(6-8-22)29-25-27-10-9-24(30-25)20-13-19(16-26)14-23(15-20)32-11-3-2-4-12-32;3-2(4,5)1(6)7/h5-10,13-15,17H,2-4,11-12H2,1H3,(H,27,29,30);(H,6,7). The van der Waals surface area contributed by atoms with Gasteiger partial charge in [-0.3, -0.25) is 0 Å². The number of aliphatic carboxylic acids is 1. The van der Waals surface area contributed by atoms with E-state index in [2.05, 4.69) is 37.4 Å². The van der Waals surface area contributed by atoms with E-state index < -0.39 is 12.1 Å². The number of alkyl halides is 3. The number of hydrogen-bond acceptors (Lipinski definition) is 8. The maximum atomic E-state index is 10.6. The number of nitriles is 1. The summed E-state index contributed by atoms with van der Waals surface area (Å²) >= 11 is 0. The van der Waals surface area contributed by atoms with Gasteiger partial charge < -0.3 is 15.3 Å². The summed E-state index contributed by atoms with van der Waals surface area (Å²) in [5, 5.41) is 24.3. The van der Waals surface area contributed by atoms with Gasteiger partial charge in [-0.05, 0) is 74.7 Å². The maximum absolute atomic E-state index is 10.6. The molecule has 40 heavy (non-hydrogen) atoms. The molecule has 2 N–H and O–H groups in total. The number of carbonyl (C=O) groups is 1. The smallest absolute Gasteiger partial charge is 0.475 e. The summed E-state index contributed by atoms with van der Waals surface area (Å²) < 4.78 is 33.5. The van der Waals surface area contributed by atoms with Crippen molar-refractivity contribution >= 4 is 23.3 Å². The second kappa shape index (κ2) is 12.2. The lowest BCUT2D eigenvalue weighted by Gasteiger charge is -2.29. The Morgan fingerprint density at radius 1 is 1.02 bits per heavy atom. The predicted octanol–water partition coefficient (Wildman–Crippen LogP) is 5.27. The van der Waals surface area contributed by atoms with Crippen LogP contribution in [0.5, 0.6) is 0 Å². The highest BCUT2D eigenvalue weighted by Crippen LogP contribution is 2.28. The molecule has 1 aliphatic rings. The van der Waals surface area contributed by atoms with E-state index in [0.29, 0.717) is 11.5 Å². The van der Waals surface area contributed by atoms with Crippen molar-refractivity contribution in [1.29, 1.82) is 5.26 Å². The molecule has 206 valence electrons. The highest BCUT2D eigenvalue weighted by atomic mass is 19.4. The molecule has 0 bridgehead atoms. The first-order valence-electron chi connectivity index (χ1n) is 12.3. The molecule has 13 heteroatoms. The van der Waals surface area contributed by atoms with E-state index in [1.165, 1.54) is 19.3 Å². The molecule has 1 fully saturated rings. The molecule has 0 saturated carbocycles. The van der Waals surface area contributed by atoms with E-state index in [1.54, 1.807) is 17.2 Å². The lowest BCUT2D eigenvalue weighted by atomic mass is 10.0. The third-order valence-electron chi connectivity index (χ3n) is 5.96. The Labute approximate surface area is 227 Å². The Kier molecular flexibility index (Phi) is 8.58. The first kappa shape index (κ1) is 28.0. The van der Waals surface area contributed by atoms with Crippen LogP contribution in [0.2, 0.25) is 0 Å². The van der Waals surface area contributed by atoms with E-state index >= 15 is 0 Å². The van der Waals surface area contributed by atoms with Crippen LogP contribution in [0.3, 0.4) is 0 Å². The Hall–Kier alpha value is -4.99. The number of nitrogens with zero attached hydrogens (tertiary/aromatic N) is 7. The number of anilines is 3. The fraction of sp³-hybridized carbons (Fsp3) is 0.259. The summed E-state index contributed by atoms with van der Waals surface area (Å²) in [7, 11) is 0. The monoisotopic (exact) mass is 550 g/mol. The summed E-state index contributed by atoms with van der Waals surface area (Å²) in [6.07, 6.45) is 1.97. The minimum absolute atomic E-state index is 0.499. The van der Waals surface area contributed by atoms with Crippen LogP contribution >= 0.6 is 0 Å². The summed E-state index contributed by atoms with van der Waals surface area (Å²) in [5.41, 5.74) is 5.20. The number of hydrogen-bond donors (Lipinski definition) is 2. The van der Waals surface area contributed by atoms with Crippen LogP contribution in [0, 0.1) is 18.3 Å². The maximum Gasteiger partial charge on any atom is 0.490 e. The topological polar surface area (TPSA) is 133 Å². The highest BCUT2D eigenvalue weighted by Gasteiger charge is 2.38. The van der Waals surface area contributed by atoms with Crippen molar-refractivity contribution in [3.63, 3.8) is 0 Å². The third-order valence-corrected chi connectivity index (χ3v) is 5.96. The fourth-order valence-corrected chi connectivity index (χ4v) is 4.03. The van der Waals surface area contributed by atoms with Crippen LogP contribution in [-0.4, -0.2) is 55.1 Å². The normalized spacial score (nSPS) is 13.1. The van der Waals surface area contributed by atoms with Crippen molar-refractivity contribution in [2.75, 3.05) is 23.3 Å². The summed E-state index contributed by atoms with van der Waals surface area (Å²) in [6, 6.07) is 18.0. The predicted molar refractivity (Wildman–Crippen MR) is 141 cm³/mol. The number of halogens is 3. The molecule has 0 radical (unpaired) electrons. The summed E-state index contributed by atoms with van der Waals surface area (Å²) in [4.78, 5) is 24.5. The van der Waals surface area contributed by atoms with Crippen LogP contribution in [-0.2, 0) is 4.79 Å². The lowest BCUT2D eigenvalue weighted by Crippen LogP contribution is -2.29. The largest absolute Gasteiger partial charge is 0.490 e. The second-order valence-corrected chi connectivity index (χ2v) is 8.90. The van der Waals surface area contributed by atoms with Crippen LogP contribution in [0.25, 0.3) is 16.9 Å². The van der Waals surface area contributed by atoms with E-state index in [-0.39, 0.29) is 0 Å². The molecule has 0 spiro atoms. The number of aryl methyl sites for hydroxylation is 1. The molecule has 5 rings (SSSR count). The van der Waals surface area contributed by atoms with Gasteiger partial charge in [-0.1, -0.05) is 0 Å². The number of benzene rings is 2. The van der Waals surface area contributed by atoms with Gasteiger partial charge in [0.05, 0.1) is 23.0 Å². The van der Waals surface area contributed by atoms with Crippen molar-refractivity contribution in [2.24, 2.45) is 0 Å². The lowest BCUT2D eigenvalue weighted by molar-refractivity contribution is -0.192. The van der Waals surface area contributed by atoms with Gasteiger partial charge in [0.25, 0.3) is 0 Å². The Morgan fingerprint density at radius 2 is 1.73 bits per heavy atom. The van der Waals surface area contributed by atoms with Crippen LogP contribution in [0.15, 0.2) is 61.1 Å². The number of nitrogens with one attached hydrogen (secondary N) is 1. The van der Waals surface area contributed by atoms with Crippen LogP contribution < -0.4 is 10.2 Å². The molecule has 10 nitrogen and oxygen atoms in total. The summed E-state index contributed by atoms with van der Waals surface area (Å²) in [5.74, 6) is -1.53. The molecule has 3 heterocycles. The number of carboxylic acid groups (broad SMARTS) is 1. The molecule has 0 amide bonds. The molecule has 1 saturated heterocycles. The van der Waals surface area contributed by atoms with E-state index in [4.69, 9.17) is 14.9 Å². The minimum Gasteiger partial charge on any atom is -0.475 e.